The van der Waals surface area contributed by atoms with E-state index in [1.165, 1.54) is 11.6 Å². The first kappa shape index (κ1) is 55.3. The Labute approximate surface area is 448 Å². The summed E-state index contributed by atoms with van der Waals surface area (Å²) in [7, 11) is 3.02. The van der Waals surface area contributed by atoms with Gasteiger partial charge in [-0.3, -0.25) is 23.7 Å². The van der Waals surface area contributed by atoms with Gasteiger partial charge in [-0.05, 0) is 72.6 Å². The van der Waals surface area contributed by atoms with Gasteiger partial charge in [-0.15, -0.1) is 0 Å². The molecule has 3 N–H and O–H groups in total. The summed E-state index contributed by atoms with van der Waals surface area (Å²) in [5.74, 6) is 3.10. The van der Waals surface area contributed by atoms with Crippen molar-refractivity contribution in [1.29, 1.82) is 0 Å². The molecule has 404 valence electrons. The first-order valence-electron chi connectivity index (χ1n) is 25.8. The highest BCUT2D eigenvalue weighted by molar-refractivity contribution is 5.69. The van der Waals surface area contributed by atoms with Crippen molar-refractivity contribution in [3.8, 4) is 34.5 Å². The van der Waals surface area contributed by atoms with E-state index >= 15 is 0 Å². The SMILES string of the molecule is Cn1c(=O)c2c(ncn2CCN(CCCN(CC(O)COc2ccccc2OCc2ccccc2)CC(O)COc2ccccc2OCc2ccccc2)CC(O)COc2ccccc2OCc2ccccc2)n(C)c1=O. The third kappa shape index (κ3) is 16.3. The number of nitrogens with zero attached hydrogens (tertiary/aromatic N) is 6. The molecule has 77 heavy (non-hydrogen) atoms. The monoisotopic (exact) mass is 1050 g/mol. The summed E-state index contributed by atoms with van der Waals surface area (Å²) in [5, 5.41) is 34.7. The predicted molar refractivity (Wildman–Crippen MR) is 294 cm³/mol. The Bertz CT molecular complexity index is 3070. The van der Waals surface area contributed by atoms with Crippen LogP contribution in [0.2, 0.25) is 0 Å². The maximum absolute atomic E-state index is 13.4. The van der Waals surface area contributed by atoms with Crippen LogP contribution in [0.4, 0.5) is 0 Å². The van der Waals surface area contributed by atoms with E-state index in [1.807, 2.05) is 150 Å². The van der Waals surface area contributed by atoms with Crippen LogP contribution < -0.4 is 39.7 Å². The molecule has 6 aromatic carbocycles. The molecule has 2 aromatic heterocycles. The number of rotatable bonds is 31. The van der Waals surface area contributed by atoms with Gasteiger partial charge < -0.3 is 48.3 Å². The molecule has 17 heteroatoms. The number of hydrogen-bond acceptors (Lipinski definition) is 14. The van der Waals surface area contributed by atoms with Gasteiger partial charge in [-0.1, -0.05) is 127 Å². The lowest BCUT2D eigenvalue weighted by atomic mass is 10.2. The molecule has 0 aliphatic heterocycles. The van der Waals surface area contributed by atoms with Crippen molar-refractivity contribution < 1.29 is 43.7 Å². The smallest absolute Gasteiger partial charge is 0.332 e. The number of imidazole rings is 1. The topological polar surface area (TPSA) is 184 Å². The van der Waals surface area contributed by atoms with Crippen LogP contribution in [0.15, 0.2) is 180 Å². The Hall–Kier alpha value is -7.93. The van der Waals surface area contributed by atoms with E-state index in [2.05, 4.69) is 9.88 Å². The first-order chi connectivity index (χ1) is 37.6. The second-order valence-electron chi connectivity index (χ2n) is 18.8. The molecule has 0 fully saturated rings. The Morgan fingerprint density at radius 2 is 0.805 bits per heavy atom. The van der Waals surface area contributed by atoms with E-state index < -0.39 is 29.6 Å². The molecule has 0 aliphatic carbocycles. The molecular formula is C60H68N6O11. The van der Waals surface area contributed by atoms with Crippen molar-refractivity contribution in [1.82, 2.24) is 28.5 Å². The maximum Gasteiger partial charge on any atom is 0.332 e. The molecule has 0 amide bonds. The summed E-state index contributed by atoms with van der Waals surface area (Å²) < 4.78 is 41.0. The van der Waals surface area contributed by atoms with E-state index in [9.17, 15) is 24.9 Å². The second-order valence-corrected chi connectivity index (χ2v) is 18.8. The highest BCUT2D eigenvalue weighted by atomic mass is 16.5. The molecule has 0 bridgehead atoms. The largest absolute Gasteiger partial charge is 0.487 e. The minimum Gasteiger partial charge on any atom is -0.487 e. The lowest BCUT2D eigenvalue weighted by Crippen LogP contribution is -2.43. The highest BCUT2D eigenvalue weighted by Crippen LogP contribution is 2.30. The van der Waals surface area contributed by atoms with Gasteiger partial charge in [0.1, 0.15) is 58.0 Å². The summed E-state index contributed by atoms with van der Waals surface area (Å²) >= 11 is 0. The Balaban J connectivity index is 0.947. The van der Waals surface area contributed by atoms with Gasteiger partial charge in [0, 0.05) is 46.8 Å². The standard InChI is InChI=1S/C60H68N6O11/c1-62-58-57(59(70)63(2)60(62)71)66(44-61-58)34-33-64(35-48(67)41-75-54-28-15-12-25-51(54)72-38-45-19-6-3-7-20-45)31-18-32-65(36-49(68)42-76-55-29-16-13-26-52(55)73-39-46-21-8-4-9-22-46)37-50(69)43-77-56-30-17-14-27-53(56)74-40-47-23-10-5-11-24-47/h3-17,19-30,44,48-50,67-69H,18,31-43H2,1-2H3. The average molecular weight is 1050 g/mol. The zero-order valence-electron chi connectivity index (χ0n) is 43.6. The van der Waals surface area contributed by atoms with E-state index in [0.29, 0.717) is 92.4 Å². The Morgan fingerprint density at radius 3 is 1.21 bits per heavy atom. The fourth-order valence-corrected chi connectivity index (χ4v) is 8.77. The zero-order chi connectivity index (χ0) is 53.8. The predicted octanol–water partition coefficient (Wildman–Crippen LogP) is 6.48. The fraction of sp³-hybridized carbons (Fsp3) is 0.317. The van der Waals surface area contributed by atoms with Gasteiger partial charge in [-0.25, -0.2) is 9.78 Å². The minimum absolute atomic E-state index is 0.0375. The Kier molecular flexibility index (Phi) is 20.3. The summed E-state index contributed by atoms with van der Waals surface area (Å²) in [6.07, 6.45) is -0.803. The molecular weight excluding hydrogens is 981 g/mol. The van der Waals surface area contributed by atoms with Crippen LogP contribution in [-0.2, 0) is 40.5 Å². The highest BCUT2D eigenvalue weighted by Gasteiger charge is 2.22. The molecule has 8 aromatic rings. The normalized spacial score (nSPS) is 12.6. The number of benzene rings is 6. The van der Waals surface area contributed by atoms with Gasteiger partial charge in [0.15, 0.2) is 45.7 Å². The van der Waals surface area contributed by atoms with Gasteiger partial charge >= 0.3 is 5.69 Å². The van der Waals surface area contributed by atoms with Gasteiger partial charge in [0.25, 0.3) is 5.56 Å². The molecule has 0 saturated carbocycles. The van der Waals surface area contributed by atoms with Gasteiger partial charge in [-0.2, -0.15) is 0 Å². The van der Waals surface area contributed by atoms with Crippen molar-refractivity contribution in [2.24, 2.45) is 14.1 Å². The first-order valence-corrected chi connectivity index (χ1v) is 25.8. The van der Waals surface area contributed by atoms with Crippen LogP contribution in [0.25, 0.3) is 11.2 Å². The number of aliphatic hydroxyl groups is 3. The van der Waals surface area contributed by atoms with Gasteiger partial charge in [0.2, 0.25) is 0 Å². The minimum atomic E-state index is -0.972. The van der Waals surface area contributed by atoms with Crippen LogP contribution in [-0.4, -0.2) is 121 Å². The number of fused-ring (bicyclic) bond motifs is 1. The molecule has 0 aliphatic rings. The molecule has 2 heterocycles. The number of aliphatic hydroxyl groups excluding tert-OH is 3. The fourth-order valence-electron chi connectivity index (χ4n) is 8.77. The maximum atomic E-state index is 13.4. The van der Waals surface area contributed by atoms with E-state index in [-0.39, 0.29) is 45.1 Å². The second kappa shape index (κ2) is 28.3. The summed E-state index contributed by atoms with van der Waals surface area (Å²) in [4.78, 5) is 34.6. The number of ether oxygens (including phenoxy) is 6. The van der Waals surface area contributed by atoms with Crippen LogP contribution in [0.3, 0.4) is 0 Å². The number of aryl methyl sites for hydroxylation is 1. The third-order valence-electron chi connectivity index (χ3n) is 12.8. The van der Waals surface area contributed by atoms with Crippen molar-refractivity contribution in [2.45, 2.75) is 51.1 Å². The molecule has 3 atom stereocenters. The number of para-hydroxylation sites is 6. The molecule has 8 rings (SSSR count). The zero-order valence-corrected chi connectivity index (χ0v) is 43.6. The van der Waals surface area contributed by atoms with Crippen molar-refractivity contribution >= 4 is 11.2 Å². The quantitative estimate of drug-likeness (QED) is 0.0429. The molecule has 0 saturated heterocycles. The summed E-state index contributed by atoms with van der Waals surface area (Å²) in [6, 6.07) is 51.5. The number of aromatic nitrogens is 4. The summed E-state index contributed by atoms with van der Waals surface area (Å²) in [5.41, 5.74) is 2.65. The van der Waals surface area contributed by atoms with Crippen LogP contribution in [0.1, 0.15) is 23.1 Å². The Morgan fingerprint density at radius 1 is 0.455 bits per heavy atom. The average Bonchev–Trinajstić information content (AvgIpc) is 3.92. The van der Waals surface area contributed by atoms with E-state index in [4.69, 9.17) is 28.4 Å². The number of hydrogen-bond donors (Lipinski definition) is 3. The molecule has 17 nitrogen and oxygen atoms in total. The lowest BCUT2D eigenvalue weighted by molar-refractivity contribution is 0.0274. The van der Waals surface area contributed by atoms with Crippen molar-refractivity contribution in [3.63, 3.8) is 0 Å². The van der Waals surface area contributed by atoms with Crippen molar-refractivity contribution in [3.05, 3.63) is 208 Å². The molecule has 0 spiro atoms. The lowest BCUT2D eigenvalue weighted by Gasteiger charge is -2.30. The third-order valence-corrected chi connectivity index (χ3v) is 12.8. The molecule has 3 unspecified atom stereocenters. The van der Waals surface area contributed by atoms with Crippen molar-refractivity contribution in [2.75, 3.05) is 59.1 Å². The van der Waals surface area contributed by atoms with Crippen LogP contribution >= 0.6 is 0 Å². The van der Waals surface area contributed by atoms with E-state index in [0.717, 1.165) is 21.3 Å². The molecule has 0 radical (unpaired) electrons. The van der Waals surface area contributed by atoms with E-state index in [1.54, 1.807) is 36.1 Å². The van der Waals surface area contributed by atoms with Gasteiger partial charge in [0.05, 0.1) is 6.33 Å². The van der Waals surface area contributed by atoms with Crippen LogP contribution in [0.5, 0.6) is 34.5 Å². The summed E-state index contributed by atoms with van der Waals surface area (Å²) in [6.45, 7) is 2.97. The van der Waals surface area contributed by atoms with Crippen LogP contribution in [0, 0.1) is 0 Å².